The molecule has 0 saturated heterocycles. The number of ether oxygens (including phenoxy) is 1. The van der Waals surface area contributed by atoms with Gasteiger partial charge in [-0.05, 0) is 6.92 Å². The van der Waals surface area contributed by atoms with Crippen molar-refractivity contribution in [1.82, 2.24) is 14.5 Å². The van der Waals surface area contributed by atoms with Crippen molar-refractivity contribution in [2.24, 2.45) is 0 Å². The zero-order chi connectivity index (χ0) is 13.0. The van der Waals surface area contributed by atoms with Crippen LogP contribution in [-0.2, 0) is 16.1 Å². The number of aryl methyl sites for hydroxylation is 1. The smallest absolute Gasteiger partial charge is 0.356 e. The topological polar surface area (TPSA) is 64.4 Å². The molecule has 6 heteroatoms. The van der Waals surface area contributed by atoms with Crippen LogP contribution in [-0.4, -0.2) is 47.5 Å². The second-order valence-corrected chi connectivity index (χ2v) is 3.87. The predicted octanol–water partition coefficient (Wildman–Crippen LogP) is 0.456. The number of aromatic nitrogens is 2. The molecule has 1 rings (SSSR count). The van der Waals surface area contributed by atoms with E-state index in [2.05, 4.69) is 9.72 Å². The molecule has 6 nitrogen and oxygen atoms in total. The average molecular weight is 239 g/mol. The third kappa shape index (κ3) is 3.05. The number of methoxy groups -OCH3 is 1. The maximum atomic E-state index is 11.5. The molecule has 0 saturated carbocycles. The van der Waals surface area contributed by atoms with E-state index in [4.69, 9.17) is 0 Å². The fraction of sp³-hybridized carbons (Fsp3) is 0.545. The van der Waals surface area contributed by atoms with E-state index in [1.807, 2.05) is 0 Å². The normalized spacial score (nSPS) is 10.1. The Morgan fingerprint density at radius 2 is 2.12 bits per heavy atom. The minimum absolute atomic E-state index is 0.00826. The maximum Gasteiger partial charge on any atom is 0.356 e. The molecule has 0 N–H and O–H groups in total. The number of carbonyl (C=O) groups is 2. The first-order valence-electron chi connectivity index (χ1n) is 5.28. The van der Waals surface area contributed by atoms with E-state index < -0.39 is 5.97 Å². The van der Waals surface area contributed by atoms with Gasteiger partial charge in [0, 0.05) is 27.1 Å². The zero-order valence-corrected chi connectivity index (χ0v) is 10.6. The van der Waals surface area contributed by atoms with Crippen LogP contribution < -0.4 is 0 Å². The van der Waals surface area contributed by atoms with E-state index in [9.17, 15) is 9.59 Å². The van der Waals surface area contributed by atoms with Crippen LogP contribution in [0.3, 0.4) is 0 Å². The second kappa shape index (κ2) is 5.47. The molecule has 0 radical (unpaired) electrons. The number of imidazole rings is 1. The standard InChI is InChI=1S/C11H17N3O3/c1-8-12-7-9(11(16)17-4)14(8)6-5-10(15)13(2)3/h7H,5-6H2,1-4H3. The Labute approximate surface area is 100 Å². The van der Waals surface area contributed by atoms with Crippen molar-refractivity contribution in [1.29, 1.82) is 0 Å². The summed E-state index contributed by atoms with van der Waals surface area (Å²) < 4.78 is 6.34. The van der Waals surface area contributed by atoms with Crippen LogP contribution in [0.15, 0.2) is 6.20 Å². The van der Waals surface area contributed by atoms with Crippen LogP contribution in [0.2, 0.25) is 0 Å². The predicted molar refractivity (Wildman–Crippen MR) is 61.6 cm³/mol. The highest BCUT2D eigenvalue weighted by atomic mass is 16.5. The van der Waals surface area contributed by atoms with Crippen LogP contribution in [0.4, 0.5) is 0 Å². The Bertz CT molecular complexity index is 424. The molecule has 0 fully saturated rings. The molecular weight excluding hydrogens is 222 g/mol. The summed E-state index contributed by atoms with van der Waals surface area (Å²) in [5.41, 5.74) is 0.372. The summed E-state index contributed by atoms with van der Waals surface area (Å²) >= 11 is 0. The van der Waals surface area contributed by atoms with Gasteiger partial charge in [0.2, 0.25) is 5.91 Å². The molecule has 0 aliphatic rings. The quantitative estimate of drug-likeness (QED) is 0.716. The van der Waals surface area contributed by atoms with Gasteiger partial charge in [-0.2, -0.15) is 0 Å². The summed E-state index contributed by atoms with van der Waals surface area (Å²) in [7, 11) is 4.72. The molecule has 0 spiro atoms. The molecule has 0 aliphatic carbocycles. The zero-order valence-electron chi connectivity index (χ0n) is 10.6. The molecule has 94 valence electrons. The minimum atomic E-state index is -0.442. The molecule has 1 aromatic heterocycles. The van der Waals surface area contributed by atoms with Gasteiger partial charge in [0.25, 0.3) is 0 Å². The number of esters is 1. The van der Waals surface area contributed by atoms with Crippen molar-refractivity contribution in [3.63, 3.8) is 0 Å². The Morgan fingerprint density at radius 3 is 2.65 bits per heavy atom. The summed E-state index contributed by atoms with van der Waals surface area (Å²) in [6.07, 6.45) is 1.79. The highest BCUT2D eigenvalue weighted by Gasteiger charge is 2.15. The first-order valence-corrected chi connectivity index (χ1v) is 5.28. The van der Waals surface area contributed by atoms with Gasteiger partial charge in [-0.3, -0.25) is 4.79 Å². The molecule has 0 unspecified atom stereocenters. The Morgan fingerprint density at radius 1 is 1.47 bits per heavy atom. The Hall–Kier alpha value is -1.85. The van der Waals surface area contributed by atoms with Crippen LogP contribution in [0, 0.1) is 6.92 Å². The number of nitrogens with zero attached hydrogens (tertiary/aromatic N) is 3. The van der Waals surface area contributed by atoms with E-state index in [0.717, 1.165) is 0 Å². The van der Waals surface area contributed by atoms with Gasteiger partial charge in [0.15, 0.2) is 0 Å². The van der Waals surface area contributed by atoms with E-state index in [-0.39, 0.29) is 5.91 Å². The molecular formula is C11H17N3O3. The Kier molecular flexibility index (Phi) is 4.25. The summed E-state index contributed by atoms with van der Waals surface area (Å²) in [5, 5.41) is 0. The summed E-state index contributed by atoms with van der Waals surface area (Å²) in [6.45, 7) is 2.21. The van der Waals surface area contributed by atoms with Gasteiger partial charge < -0.3 is 14.2 Å². The first-order chi connectivity index (χ1) is 7.97. The van der Waals surface area contributed by atoms with E-state index >= 15 is 0 Å². The van der Waals surface area contributed by atoms with E-state index in [1.54, 1.807) is 25.6 Å². The molecule has 1 aromatic rings. The van der Waals surface area contributed by atoms with Gasteiger partial charge >= 0.3 is 5.97 Å². The van der Waals surface area contributed by atoms with Gasteiger partial charge in [-0.25, -0.2) is 9.78 Å². The maximum absolute atomic E-state index is 11.5. The first kappa shape index (κ1) is 13.2. The van der Waals surface area contributed by atoms with Crippen molar-refractivity contribution < 1.29 is 14.3 Å². The van der Waals surface area contributed by atoms with Crippen LogP contribution >= 0.6 is 0 Å². The van der Waals surface area contributed by atoms with Gasteiger partial charge in [0.1, 0.15) is 11.5 Å². The molecule has 1 heterocycles. The summed E-state index contributed by atoms with van der Waals surface area (Å²) in [6, 6.07) is 0. The highest BCUT2D eigenvalue weighted by molar-refractivity contribution is 5.87. The second-order valence-electron chi connectivity index (χ2n) is 3.87. The molecule has 0 bridgehead atoms. The van der Waals surface area contributed by atoms with Crippen molar-refractivity contribution in [2.45, 2.75) is 19.9 Å². The fourth-order valence-electron chi connectivity index (χ4n) is 1.45. The third-order valence-electron chi connectivity index (χ3n) is 2.50. The van der Waals surface area contributed by atoms with Crippen molar-refractivity contribution in [3.8, 4) is 0 Å². The van der Waals surface area contributed by atoms with E-state index in [0.29, 0.717) is 24.5 Å². The molecule has 0 atom stereocenters. The Balaban J connectivity index is 2.80. The van der Waals surface area contributed by atoms with Crippen molar-refractivity contribution in [3.05, 3.63) is 17.7 Å². The van der Waals surface area contributed by atoms with Crippen LogP contribution in [0.1, 0.15) is 22.7 Å². The molecule has 17 heavy (non-hydrogen) atoms. The van der Waals surface area contributed by atoms with Crippen LogP contribution in [0.5, 0.6) is 0 Å². The molecule has 0 aliphatic heterocycles. The fourth-order valence-corrected chi connectivity index (χ4v) is 1.45. The van der Waals surface area contributed by atoms with Crippen LogP contribution in [0.25, 0.3) is 0 Å². The monoisotopic (exact) mass is 239 g/mol. The van der Waals surface area contributed by atoms with Gasteiger partial charge in [-0.1, -0.05) is 0 Å². The van der Waals surface area contributed by atoms with Crippen molar-refractivity contribution in [2.75, 3.05) is 21.2 Å². The third-order valence-corrected chi connectivity index (χ3v) is 2.50. The highest BCUT2D eigenvalue weighted by Crippen LogP contribution is 2.07. The van der Waals surface area contributed by atoms with Gasteiger partial charge in [0.05, 0.1) is 13.3 Å². The largest absolute Gasteiger partial charge is 0.464 e. The number of hydrogen-bond donors (Lipinski definition) is 0. The molecule has 0 aromatic carbocycles. The van der Waals surface area contributed by atoms with E-state index in [1.165, 1.54) is 18.2 Å². The SMILES string of the molecule is COC(=O)c1cnc(C)n1CCC(=O)N(C)C. The lowest BCUT2D eigenvalue weighted by molar-refractivity contribution is -0.128. The van der Waals surface area contributed by atoms with Crippen molar-refractivity contribution >= 4 is 11.9 Å². The molecule has 1 amide bonds. The van der Waals surface area contributed by atoms with Gasteiger partial charge in [-0.15, -0.1) is 0 Å². The number of amides is 1. The summed E-state index contributed by atoms with van der Waals surface area (Å²) in [4.78, 5) is 28.5. The number of carbonyl (C=O) groups excluding carboxylic acids is 2. The lowest BCUT2D eigenvalue weighted by Crippen LogP contribution is -2.24. The summed E-state index contributed by atoms with van der Waals surface area (Å²) in [5.74, 6) is 0.258. The number of rotatable bonds is 4. The lowest BCUT2D eigenvalue weighted by Gasteiger charge is -2.12. The number of hydrogen-bond acceptors (Lipinski definition) is 4. The lowest BCUT2D eigenvalue weighted by atomic mass is 10.3. The minimum Gasteiger partial charge on any atom is -0.464 e. The average Bonchev–Trinajstić information content (AvgIpc) is 2.66.